The Labute approximate surface area is 136 Å². The molecular formula is C15H12BrClN4. The van der Waals surface area contributed by atoms with Crippen LogP contribution in [0, 0.1) is 18.3 Å². The van der Waals surface area contributed by atoms with Crippen molar-refractivity contribution in [3.63, 3.8) is 0 Å². The molecule has 1 saturated carbocycles. The molecule has 0 spiro atoms. The first-order chi connectivity index (χ1) is 10.1. The van der Waals surface area contributed by atoms with E-state index in [1.165, 1.54) is 0 Å². The van der Waals surface area contributed by atoms with Gasteiger partial charge in [-0.3, -0.25) is 0 Å². The monoisotopic (exact) mass is 362 g/mol. The Morgan fingerprint density at radius 2 is 2.14 bits per heavy atom. The van der Waals surface area contributed by atoms with Crippen molar-refractivity contribution in [1.82, 2.24) is 9.97 Å². The Hall–Kier alpha value is -1.64. The van der Waals surface area contributed by atoms with Gasteiger partial charge in [0.25, 0.3) is 0 Å². The van der Waals surface area contributed by atoms with Gasteiger partial charge in [0.15, 0.2) is 0 Å². The van der Waals surface area contributed by atoms with Crippen LogP contribution in [-0.4, -0.2) is 9.97 Å². The van der Waals surface area contributed by atoms with Crippen molar-refractivity contribution in [1.29, 1.82) is 5.26 Å². The van der Waals surface area contributed by atoms with E-state index in [0.29, 0.717) is 28.1 Å². The first kappa shape index (κ1) is 14.3. The lowest BCUT2D eigenvalue weighted by Crippen LogP contribution is -2.04. The van der Waals surface area contributed by atoms with E-state index in [1.54, 1.807) is 6.07 Å². The average Bonchev–Trinajstić information content (AvgIpc) is 3.28. The van der Waals surface area contributed by atoms with Crippen molar-refractivity contribution >= 4 is 39.0 Å². The molecule has 106 valence electrons. The van der Waals surface area contributed by atoms with Gasteiger partial charge in [-0.25, -0.2) is 9.97 Å². The molecule has 1 N–H and O–H groups in total. The van der Waals surface area contributed by atoms with Gasteiger partial charge in [0.1, 0.15) is 22.9 Å². The summed E-state index contributed by atoms with van der Waals surface area (Å²) in [6.45, 7) is 1.87. The molecule has 0 aliphatic heterocycles. The summed E-state index contributed by atoms with van der Waals surface area (Å²) in [7, 11) is 0. The van der Waals surface area contributed by atoms with Crippen LogP contribution in [0.1, 0.15) is 35.7 Å². The van der Waals surface area contributed by atoms with Crippen molar-refractivity contribution in [3.8, 4) is 6.07 Å². The summed E-state index contributed by atoms with van der Waals surface area (Å²) < 4.78 is 0.893. The van der Waals surface area contributed by atoms with E-state index in [2.05, 4.69) is 37.3 Å². The number of hydrogen-bond donors (Lipinski definition) is 1. The minimum Gasteiger partial charge on any atom is -0.339 e. The number of nitrogens with one attached hydrogen (secondary N) is 1. The number of halogens is 2. The molecule has 21 heavy (non-hydrogen) atoms. The zero-order valence-electron chi connectivity index (χ0n) is 11.3. The molecule has 1 aromatic carbocycles. The van der Waals surface area contributed by atoms with Crippen molar-refractivity contribution < 1.29 is 0 Å². The van der Waals surface area contributed by atoms with E-state index in [4.69, 9.17) is 11.6 Å². The molecule has 0 radical (unpaired) electrons. The normalized spacial score (nSPS) is 13.8. The van der Waals surface area contributed by atoms with Crippen LogP contribution in [-0.2, 0) is 0 Å². The van der Waals surface area contributed by atoms with Crippen molar-refractivity contribution in [2.24, 2.45) is 0 Å². The lowest BCUT2D eigenvalue weighted by Gasteiger charge is -2.12. The van der Waals surface area contributed by atoms with Crippen LogP contribution in [0.2, 0.25) is 5.15 Å². The number of rotatable bonds is 3. The summed E-state index contributed by atoms with van der Waals surface area (Å²) in [6, 6.07) is 7.61. The molecule has 3 rings (SSSR count). The third-order valence-electron chi connectivity index (χ3n) is 3.40. The molecule has 1 aromatic heterocycles. The van der Waals surface area contributed by atoms with Gasteiger partial charge in [-0.1, -0.05) is 27.5 Å². The van der Waals surface area contributed by atoms with Crippen LogP contribution in [0.15, 0.2) is 22.7 Å². The molecule has 6 heteroatoms. The maximum absolute atomic E-state index is 9.20. The molecule has 0 unspecified atom stereocenters. The molecule has 1 aliphatic rings. The van der Waals surface area contributed by atoms with Crippen LogP contribution in [0.5, 0.6) is 0 Å². The number of aromatic nitrogens is 2. The molecule has 0 amide bonds. The molecule has 2 aromatic rings. The SMILES string of the molecule is Cc1c(Cl)nc(C2CC2)nc1Nc1cc(Br)ccc1C#N. The second kappa shape index (κ2) is 5.63. The third-order valence-corrected chi connectivity index (χ3v) is 4.26. The fourth-order valence-corrected chi connectivity index (χ4v) is 2.53. The second-order valence-corrected chi connectivity index (χ2v) is 6.32. The highest BCUT2D eigenvalue weighted by Crippen LogP contribution is 2.40. The van der Waals surface area contributed by atoms with Crippen LogP contribution in [0.25, 0.3) is 0 Å². The van der Waals surface area contributed by atoms with Gasteiger partial charge in [0.05, 0.1) is 11.3 Å². The predicted molar refractivity (Wildman–Crippen MR) is 85.9 cm³/mol. The number of nitriles is 1. The van der Waals surface area contributed by atoms with E-state index >= 15 is 0 Å². The topological polar surface area (TPSA) is 61.6 Å². The number of nitrogens with zero attached hydrogens (tertiary/aromatic N) is 3. The minimum atomic E-state index is 0.418. The van der Waals surface area contributed by atoms with E-state index in [1.807, 2.05) is 19.1 Å². The Morgan fingerprint density at radius 1 is 1.38 bits per heavy atom. The number of benzene rings is 1. The molecule has 4 nitrogen and oxygen atoms in total. The zero-order valence-corrected chi connectivity index (χ0v) is 13.7. The van der Waals surface area contributed by atoms with Gasteiger partial charge in [-0.2, -0.15) is 5.26 Å². The summed E-state index contributed by atoms with van der Waals surface area (Å²) in [5.74, 6) is 1.86. The lowest BCUT2D eigenvalue weighted by molar-refractivity contribution is 0.922. The third kappa shape index (κ3) is 3.02. The lowest BCUT2D eigenvalue weighted by atomic mass is 10.2. The number of hydrogen-bond acceptors (Lipinski definition) is 4. The van der Waals surface area contributed by atoms with Crippen molar-refractivity contribution in [2.75, 3.05) is 5.32 Å². The molecular weight excluding hydrogens is 352 g/mol. The summed E-state index contributed by atoms with van der Waals surface area (Å²) >= 11 is 9.61. The van der Waals surface area contributed by atoms with Gasteiger partial charge in [-0.05, 0) is 38.0 Å². The average molecular weight is 364 g/mol. The summed E-state index contributed by atoms with van der Waals surface area (Å²) in [5, 5.41) is 12.9. The van der Waals surface area contributed by atoms with Gasteiger partial charge < -0.3 is 5.32 Å². The van der Waals surface area contributed by atoms with E-state index in [0.717, 1.165) is 28.7 Å². The van der Waals surface area contributed by atoms with Crippen LogP contribution in [0.4, 0.5) is 11.5 Å². The Bertz CT molecular complexity index is 750. The van der Waals surface area contributed by atoms with Crippen molar-refractivity contribution in [3.05, 3.63) is 44.8 Å². The fraction of sp³-hybridized carbons (Fsp3) is 0.267. The highest BCUT2D eigenvalue weighted by molar-refractivity contribution is 9.10. The molecule has 1 heterocycles. The van der Waals surface area contributed by atoms with Crippen molar-refractivity contribution in [2.45, 2.75) is 25.7 Å². The predicted octanol–water partition coefficient (Wildman–Crippen LogP) is 4.69. The van der Waals surface area contributed by atoms with Crippen LogP contribution < -0.4 is 5.32 Å². The van der Waals surface area contributed by atoms with Gasteiger partial charge in [0.2, 0.25) is 0 Å². The summed E-state index contributed by atoms with van der Waals surface area (Å²) in [5.41, 5.74) is 2.04. The minimum absolute atomic E-state index is 0.418. The van der Waals surface area contributed by atoms with E-state index in [-0.39, 0.29) is 0 Å². The van der Waals surface area contributed by atoms with Crippen LogP contribution >= 0.6 is 27.5 Å². The molecule has 0 atom stereocenters. The largest absolute Gasteiger partial charge is 0.339 e. The van der Waals surface area contributed by atoms with Gasteiger partial charge in [0, 0.05) is 16.0 Å². The quantitative estimate of drug-likeness (QED) is 0.803. The Balaban J connectivity index is 2.02. The zero-order chi connectivity index (χ0) is 15.0. The van der Waals surface area contributed by atoms with Gasteiger partial charge in [-0.15, -0.1) is 0 Å². The molecule has 0 bridgehead atoms. The Morgan fingerprint density at radius 3 is 2.81 bits per heavy atom. The fourth-order valence-electron chi connectivity index (χ4n) is 2.00. The summed E-state index contributed by atoms with van der Waals surface area (Å²) in [6.07, 6.45) is 2.22. The first-order valence-corrected chi connectivity index (χ1v) is 7.76. The highest BCUT2D eigenvalue weighted by atomic mass is 79.9. The molecule has 0 saturated heterocycles. The van der Waals surface area contributed by atoms with E-state index < -0.39 is 0 Å². The first-order valence-electron chi connectivity index (χ1n) is 6.59. The summed E-state index contributed by atoms with van der Waals surface area (Å²) in [4.78, 5) is 8.90. The molecule has 1 fully saturated rings. The van der Waals surface area contributed by atoms with E-state index in [9.17, 15) is 5.26 Å². The molecule has 1 aliphatic carbocycles. The smallest absolute Gasteiger partial charge is 0.138 e. The van der Waals surface area contributed by atoms with Crippen LogP contribution in [0.3, 0.4) is 0 Å². The standard InChI is InChI=1S/C15H12BrClN4/c1-8-13(17)20-15(9-2-3-9)21-14(8)19-12-6-11(16)5-4-10(12)7-18/h4-6,9H,2-3H2,1H3,(H,19,20,21). The Kier molecular flexibility index (Phi) is 3.83. The maximum atomic E-state index is 9.20. The highest BCUT2D eigenvalue weighted by Gasteiger charge is 2.28. The number of anilines is 2. The van der Waals surface area contributed by atoms with Gasteiger partial charge >= 0.3 is 0 Å². The maximum Gasteiger partial charge on any atom is 0.138 e. The second-order valence-electron chi connectivity index (χ2n) is 5.05.